The van der Waals surface area contributed by atoms with Gasteiger partial charge in [0.05, 0.1) is 21.8 Å². The highest BCUT2D eigenvalue weighted by Gasteiger charge is 2.18. The molecule has 4 heteroatoms. The fourth-order valence-corrected chi connectivity index (χ4v) is 2.80. The van der Waals surface area contributed by atoms with Gasteiger partial charge in [0.1, 0.15) is 5.75 Å². The predicted molar refractivity (Wildman–Crippen MR) is 82.1 cm³/mol. The van der Waals surface area contributed by atoms with Gasteiger partial charge in [0.15, 0.2) is 0 Å². The summed E-state index contributed by atoms with van der Waals surface area (Å²) < 4.78 is 6.93. The van der Waals surface area contributed by atoms with Crippen LogP contribution >= 0.6 is 11.3 Å². The number of ether oxygens (including phenoxy) is 1. The number of nitrogens with zero attached hydrogens (tertiary/aromatic N) is 1. The van der Waals surface area contributed by atoms with Gasteiger partial charge in [0.25, 0.3) is 0 Å². The van der Waals surface area contributed by atoms with Gasteiger partial charge in [-0.2, -0.15) is 0 Å². The number of aromatic nitrogens is 1. The molecule has 0 saturated heterocycles. The van der Waals surface area contributed by atoms with Crippen molar-refractivity contribution in [2.75, 3.05) is 13.2 Å². The van der Waals surface area contributed by atoms with Gasteiger partial charge >= 0.3 is 0 Å². The van der Waals surface area contributed by atoms with Crippen LogP contribution < -0.4 is 10.5 Å². The average molecular weight is 278 g/mol. The van der Waals surface area contributed by atoms with Crippen molar-refractivity contribution in [3.05, 3.63) is 23.2 Å². The molecule has 19 heavy (non-hydrogen) atoms. The molecule has 104 valence electrons. The van der Waals surface area contributed by atoms with Gasteiger partial charge in [0, 0.05) is 5.41 Å². The van der Waals surface area contributed by atoms with E-state index in [0.717, 1.165) is 37.3 Å². The van der Waals surface area contributed by atoms with Crippen molar-refractivity contribution in [1.29, 1.82) is 0 Å². The second kappa shape index (κ2) is 5.88. The Balaban J connectivity index is 2.12. The van der Waals surface area contributed by atoms with Crippen molar-refractivity contribution in [1.82, 2.24) is 4.98 Å². The Labute approximate surface area is 118 Å². The highest BCUT2D eigenvalue weighted by atomic mass is 32.1. The number of benzene rings is 1. The Bertz CT molecular complexity index is 543. The van der Waals surface area contributed by atoms with E-state index in [4.69, 9.17) is 10.5 Å². The summed E-state index contributed by atoms with van der Waals surface area (Å²) in [6.07, 6.45) is 2.02. The zero-order valence-electron chi connectivity index (χ0n) is 11.9. The molecule has 1 heterocycles. The standard InChI is InChI=1S/C15H22N2OS/c1-15(2,3)14-17-12-7-6-11(10-13(12)19-14)18-9-5-4-8-16/h6-7,10H,4-5,8-9,16H2,1-3H3. The molecule has 1 aromatic heterocycles. The molecule has 0 radical (unpaired) electrons. The monoisotopic (exact) mass is 278 g/mol. The van der Waals surface area contributed by atoms with Crippen molar-refractivity contribution in [2.24, 2.45) is 5.73 Å². The first-order valence-corrected chi connectivity index (χ1v) is 7.56. The molecule has 2 aromatic rings. The Morgan fingerprint density at radius 1 is 1.26 bits per heavy atom. The quantitative estimate of drug-likeness (QED) is 0.848. The van der Waals surface area contributed by atoms with Crippen LogP contribution in [0.25, 0.3) is 10.2 Å². The van der Waals surface area contributed by atoms with Gasteiger partial charge in [-0.15, -0.1) is 11.3 Å². The lowest BCUT2D eigenvalue weighted by atomic mass is 9.98. The van der Waals surface area contributed by atoms with E-state index >= 15 is 0 Å². The molecule has 3 nitrogen and oxygen atoms in total. The number of unbranched alkanes of at least 4 members (excludes halogenated alkanes) is 1. The average Bonchev–Trinajstić information content (AvgIpc) is 2.77. The maximum atomic E-state index is 5.73. The first kappa shape index (κ1) is 14.3. The van der Waals surface area contributed by atoms with Crippen LogP contribution in [0.2, 0.25) is 0 Å². The molecule has 0 fully saturated rings. The van der Waals surface area contributed by atoms with E-state index in [0.29, 0.717) is 0 Å². The predicted octanol–water partition coefficient (Wildman–Crippen LogP) is 3.71. The third kappa shape index (κ3) is 3.67. The molecule has 0 aliphatic rings. The highest BCUT2D eigenvalue weighted by Crippen LogP contribution is 2.32. The minimum atomic E-state index is 0.103. The van der Waals surface area contributed by atoms with Gasteiger partial charge in [-0.3, -0.25) is 0 Å². The molecule has 0 bridgehead atoms. The van der Waals surface area contributed by atoms with E-state index in [1.807, 2.05) is 12.1 Å². The van der Waals surface area contributed by atoms with Crippen molar-refractivity contribution in [3.63, 3.8) is 0 Å². The molecule has 1 aromatic carbocycles. The largest absolute Gasteiger partial charge is 0.494 e. The molecule has 0 amide bonds. The minimum Gasteiger partial charge on any atom is -0.494 e. The smallest absolute Gasteiger partial charge is 0.120 e. The van der Waals surface area contributed by atoms with Gasteiger partial charge in [-0.05, 0) is 37.6 Å². The Hall–Kier alpha value is -1.13. The SMILES string of the molecule is CC(C)(C)c1nc2ccc(OCCCCN)cc2s1. The Morgan fingerprint density at radius 2 is 2.05 bits per heavy atom. The molecule has 0 unspecified atom stereocenters. The first-order chi connectivity index (χ1) is 9.00. The normalized spacial score (nSPS) is 12.0. The third-order valence-electron chi connectivity index (χ3n) is 2.87. The summed E-state index contributed by atoms with van der Waals surface area (Å²) in [6, 6.07) is 6.13. The zero-order chi connectivity index (χ0) is 13.9. The second-order valence-electron chi connectivity index (χ2n) is 5.74. The summed E-state index contributed by atoms with van der Waals surface area (Å²) in [5.74, 6) is 0.925. The van der Waals surface area contributed by atoms with Gasteiger partial charge < -0.3 is 10.5 Å². The van der Waals surface area contributed by atoms with Crippen LogP contribution in [0.1, 0.15) is 38.6 Å². The van der Waals surface area contributed by atoms with E-state index < -0.39 is 0 Å². The van der Waals surface area contributed by atoms with Crippen molar-refractivity contribution < 1.29 is 4.74 Å². The third-order valence-corrected chi connectivity index (χ3v) is 4.31. The van der Waals surface area contributed by atoms with Crippen LogP contribution in [0, 0.1) is 0 Å². The lowest BCUT2D eigenvalue weighted by Crippen LogP contribution is -2.09. The summed E-state index contributed by atoms with van der Waals surface area (Å²) in [6.45, 7) is 8.03. The van der Waals surface area contributed by atoms with Crippen LogP contribution in [0.4, 0.5) is 0 Å². The number of fused-ring (bicyclic) bond motifs is 1. The number of hydrogen-bond acceptors (Lipinski definition) is 4. The van der Waals surface area contributed by atoms with E-state index in [2.05, 4.69) is 31.8 Å². The molecule has 0 aliphatic carbocycles. The summed E-state index contributed by atoms with van der Waals surface area (Å²) in [5.41, 5.74) is 6.63. The van der Waals surface area contributed by atoms with E-state index in [1.165, 1.54) is 9.71 Å². The van der Waals surface area contributed by atoms with Crippen LogP contribution in [-0.2, 0) is 5.41 Å². The topological polar surface area (TPSA) is 48.1 Å². The van der Waals surface area contributed by atoms with Crippen LogP contribution in [-0.4, -0.2) is 18.1 Å². The van der Waals surface area contributed by atoms with Crippen LogP contribution in [0.5, 0.6) is 5.75 Å². The first-order valence-electron chi connectivity index (χ1n) is 6.74. The zero-order valence-corrected chi connectivity index (χ0v) is 12.7. The maximum absolute atomic E-state index is 5.73. The summed E-state index contributed by atoms with van der Waals surface area (Å²) >= 11 is 1.75. The van der Waals surface area contributed by atoms with E-state index in [1.54, 1.807) is 11.3 Å². The molecule has 0 aliphatic heterocycles. The Kier molecular flexibility index (Phi) is 4.42. The number of rotatable bonds is 5. The molecule has 0 saturated carbocycles. The van der Waals surface area contributed by atoms with Crippen molar-refractivity contribution >= 4 is 21.6 Å². The van der Waals surface area contributed by atoms with Crippen molar-refractivity contribution in [2.45, 2.75) is 39.0 Å². The van der Waals surface area contributed by atoms with Crippen LogP contribution in [0.3, 0.4) is 0 Å². The number of hydrogen-bond donors (Lipinski definition) is 1. The van der Waals surface area contributed by atoms with Gasteiger partial charge in [-0.1, -0.05) is 20.8 Å². The number of nitrogens with two attached hydrogens (primary N) is 1. The summed E-state index contributed by atoms with van der Waals surface area (Å²) in [5, 5.41) is 1.17. The highest BCUT2D eigenvalue weighted by molar-refractivity contribution is 7.18. The number of thiazole rings is 1. The fourth-order valence-electron chi connectivity index (χ4n) is 1.75. The maximum Gasteiger partial charge on any atom is 0.120 e. The lowest BCUT2D eigenvalue weighted by Gasteiger charge is -2.13. The molecular formula is C15H22N2OS. The second-order valence-corrected chi connectivity index (χ2v) is 6.77. The Morgan fingerprint density at radius 3 is 2.74 bits per heavy atom. The lowest BCUT2D eigenvalue weighted by molar-refractivity contribution is 0.308. The summed E-state index contributed by atoms with van der Waals surface area (Å²) in [4.78, 5) is 4.68. The van der Waals surface area contributed by atoms with Gasteiger partial charge in [0.2, 0.25) is 0 Å². The van der Waals surface area contributed by atoms with Crippen molar-refractivity contribution in [3.8, 4) is 5.75 Å². The molecule has 0 atom stereocenters. The molecular weight excluding hydrogens is 256 g/mol. The fraction of sp³-hybridized carbons (Fsp3) is 0.533. The molecule has 2 N–H and O–H groups in total. The minimum absolute atomic E-state index is 0.103. The van der Waals surface area contributed by atoms with Crippen LogP contribution in [0.15, 0.2) is 18.2 Å². The summed E-state index contributed by atoms with van der Waals surface area (Å²) in [7, 11) is 0. The molecule has 2 rings (SSSR count). The van der Waals surface area contributed by atoms with E-state index in [9.17, 15) is 0 Å². The van der Waals surface area contributed by atoms with Gasteiger partial charge in [-0.25, -0.2) is 4.98 Å². The molecule has 0 spiro atoms. The van der Waals surface area contributed by atoms with E-state index in [-0.39, 0.29) is 5.41 Å².